The van der Waals surface area contributed by atoms with Crippen molar-refractivity contribution in [3.05, 3.63) is 59.4 Å². The van der Waals surface area contributed by atoms with Gasteiger partial charge < -0.3 is 10.1 Å². The molecule has 3 rings (SSSR count). The SMILES string of the molecule is CCCC1CCC(C)C(c2ccc(Oc3ccc(C(=O)NC)cc3F)cc2)C1. The van der Waals surface area contributed by atoms with Gasteiger partial charge in [-0.2, -0.15) is 0 Å². The highest BCUT2D eigenvalue weighted by molar-refractivity contribution is 5.94. The molecule has 3 unspecified atom stereocenters. The zero-order chi connectivity index (χ0) is 20.1. The molecule has 1 aliphatic rings. The number of carbonyl (C=O) groups excluding carboxylic acids is 1. The lowest BCUT2D eigenvalue weighted by Gasteiger charge is -2.34. The third-order valence-electron chi connectivity index (χ3n) is 5.96. The van der Waals surface area contributed by atoms with Crippen LogP contribution in [0.1, 0.15) is 67.8 Å². The Morgan fingerprint density at radius 3 is 2.57 bits per heavy atom. The van der Waals surface area contributed by atoms with E-state index in [9.17, 15) is 9.18 Å². The fourth-order valence-corrected chi connectivity index (χ4v) is 4.32. The van der Waals surface area contributed by atoms with E-state index in [1.54, 1.807) is 6.07 Å². The molecule has 28 heavy (non-hydrogen) atoms. The Bertz CT molecular complexity index is 803. The van der Waals surface area contributed by atoms with E-state index in [1.807, 2.05) is 12.1 Å². The Morgan fingerprint density at radius 1 is 1.18 bits per heavy atom. The second-order valence-corrected chi connectivity index (χ2v) is 7.95. The van der Waals surface area contributed by atoms with Crippen molar-refractivity contribution in [2.45, 2.75) is 51.9 Å². The minimum Gasteiger partial charge on any atom is -0.454 e. The molecular weight excluding hydrogens is 353 g/mol. The second kappa shape index (κ2) is 9.22. The minimum absolute atomic E-state index is 0.120. The van der Waals surface area contributed by atoms with Crippen LogP contribution in [0.15, 0.2) is 42.5 Å². The van der Waals surface area contributed by atoms with Crippen LogP contribution in [-0.2, 0) is 0 Å². The van der Waals surface area contributed by atoms with E-state index < -0.39 is 5.82 Å². The Morgan fingerprint density at radius 2 is 1.93 bits per heavy atom. The molecule has 2 aromatic carbocycles. The van der Waals surface area contributed by atoms with Gasteiger partial charge in [0.1, 0.15) is 5.75 Å². The third kappa shape index (κ3) is 4.73. The quantitative estimate of drug-likeness (QED) is 0.636. The van der Waals surface area contributed by atoms with Gasteiger partial charge in [0.25, 0.3) is 5.91 Å². The van der Waals surface area contributed by atoms with E-state index >= 15 is 0 Å². The van der Waals surface area contributed by atoms with Crippen molar-refractivity contribution in [3.63, 3.8) is 0 Å². The van der Waals surface area contributed by atoms with Crippen molar-refractivity contribution < 1.29 is 13.9 Å². The molecule has 0 aliphatic heterocycles. The van der Waals surface area contributed by atoms with Crippen molar-refractivity contribution in [2.24, 2.45) is 11.8 Å². The van der Waals surface area contributed by atoms with Crippen molar-refractivity contribution in [1.82, 2.24) is 5.32 Å². The number of nitrogens with one attached hydrogen (secondary N) is 1. The summed E-state index contributed by atoms with van der Waals surface area (Å²) in [7, 11) is 1.52. The number of hydrogen-bond acceptors (Lipinski definition) is 2. The van der Waals surface area contributed by atoms with E-state index in [-0.39, 0.29) is 17.2 Å². The maximum absolute atomic E-state index is 14.3. The van der Waals surface area contributed by atoms with Crippen LogP contribution >= 0.6 is 0 Å². The van der Waals surface area contributed by atoms with Crippen LogP contribution < -0.4 is 10.1 Å². The first-order valence-corrected chi connectivity index (χ1v) is 10.3. The predicted molar refractivity (Wildman–Crippen MR) is 110 cm³/mol. The number of ether oxygens (including phenoxy) is 1. The molecule has 1 amide bonds. The van der Waals surface area contributed by atoms with Gasteiger partial charge in [0.2, 0.25) is 0 Å². The van der Waals surface area contributed by atoms with Crippen LogP contribution in [0.25, 0.3) is 0 Å². The van der Waals surface area contributed by atoms with E-state index in [4.69, 9.17) is 4.74 Å². The molecule has 150 valence electrons. The molecule has 1 saturated carbocycles. The van der Waals surface area contributed by atoms with Crippen LogP contribution in [0.2, 0.25) is 0 Å². The van der Waals surface area contributed by atoms with Gasteiger partial charge in [-0.15, -0.1) is 0 Å². The Balaban J connectivity index is 1.70. The van der Waals surface area contributed by atoms with Crippen LogP contribution in [0.4, 0.5) is 4.39 Å². The van der Waals surface area contributed by atoms with E-state index in [0.29, 0.717) is 17.6 Å². The van der Waals surface area contributed by atoms with Crippen molar-refractivity contribution in [2.75, 3.05) is 7.05 Å². The molecule has 0 radical (unpaired) electrons. The lowest BCUT2D eigenvalue weighted by atomic mass is 9.71. The lowest BCUT2D eigenvalue weighted by molar-refractivity contribution is 0.0962. The number of benzene rings is 2. The summed E-state index contributed by atoms with van der Waals surface area (Å²) in [5.41, 5.74) is 1.62. The number of carbonyl (C=O) groups is 1. The first-order valence-electron chi connectivity index (χ1n) is 10.3. The molecule has 0 heterocycles. The minimum atomic E-state index is -0.548. The predicted octanol–water partition coefficient (Wildman–Crippen LogP) is 6.30. The van der Waals surface area contributed by atoms with Gasteiger partial charge in [-0.25, -0.2) is 4.39 Å². The molecule has 1 N–H and O–H groups in total. The van der Waals surface area contributed by atoms with Gasteiger partial charge >= 0.3 is 0 Å². The van der Waals surface area contributed by atoms with Gasteiger partial charge in [0.05, 0.1) is 0 Å². The van der Waals surface area contributed by atoms with E-state index in [1.165, 1.54) is 56.8 Å². The molecule has 4 heteroatoms. The van der Waals surface area contributed by atoms with Gasteiger partial charge in [0, 0.05) is 12.6 Å². The maximum Gasteiger partial charge on any atom is 0.251 e. The summed E-state index contributed by atoms with van der Waals surface area (Å²) in [6.07, 6.45) is 6.46. The highest BCUT2D eigenvalue weighted by Gasteiger charge is 2.28. The summed E-state index contributed by atoms with van der Waals surface area (Å²) < 4.78 is 20.0. The molecule has 1 aliphatic carbocycles. The first-order chi connectivity index (χ1) is 13.5. The molecule has 2 aromatic rings. The molecule has 0 bridgehead atoms. The standard InChI is InChI=1S/C24H30FNO2/c1-4-5-17-7-6-16(2)21(14-17)18-8-11-20(12-9-18)28-23-13-10-19(15-22(23)25)24(27)26-3/h8-13,15-17,21H,4-7,14H2,1-3H3,(H,26,27). The smallest absolute Gasteiger partial charge is 0.251 e. The number of hydrogen-bond donors (Lipinski definition) is 1. The van der Waals surface area contributed by atoms with E-state index in [0.717, 1.165) is 5.92 Å². The van der Waals surface area contributed by atoms with Crippen LogP contribution in [0, 0.1) is 17.7 Å². The number of halogens is 1. The Kier molecular flexibility index (Phi) is 6.71. The van der Waals surface area contributed by atoms with Crippen LogP contribution in [0.3, 0.4) is 0 Å². The lowest BCUT2D eigenvalue weighted by Crippen LogP contribution is -2.21. The van der Waals surface area contributed by atoms with Crippen molar-refractivity contribution in [1.29, 1.82) is 0 Å². The van der Waals surface area contributed by atoms with Crippen LogP contribution in [-0.4, -0.2) is 13.0 Å². The zero-order valence-electron chi connectivity index (χ0n) is 17.0. The van der Waals surface area contributed by atoms with Gasteiger partial charge in [-0.1, -0.05) is 45.2 Å². The molecule has 1 fully saturated rings. The van der Waals surface area contributed by atoms with Gasteiger partial charge in [-0.3, -0.25) is 4.79 Å². The maximum atomic E-state index is 14.3. The normalized spacial score (nSPS) is 21.9. The summed E-state index contributed by atoms with van der Waals surface area (Å²) in [5.74, 6) is 1.96. The number of amides is 1. The monoisotopic (exact) mass is 383 g/mol. The molecule has 3 nitrogen and oxygen atoms in total. The average molecular weight is 384 g/mol. The second-order valence-electron chi connectivity index (χ2n) is 7.95. The summed E-state index contributed by atoms with van der Waals surface area (Å²) in [5, 5.41) is 2.48. The highest BCUT2D eigenvalue weighted by Crippen LogP contribution is 2.42. The van der Waals surface area contributed by atoms with E-state index in [2.05, 4.69) is 31.3 Å². The first kappa shape index (κ1) is 20.4. The van der Waals surface area contributed by atoms with Gasteiger partial charge in [-0.05, 0) is 66.5 Å². The fraction of sp³-hybridized carbons (Fsp3) is 0.458. The van der Waals surface area contributed by atoms with Gasteiger partial charge in [0.15, 0.2) is 11.6 Å². The summed E-state index contributed by atoms with van der Waals surface area (Å²) in [4.78, 5) is 11.6. The largest absolute Gasteiger partial charge is 0.454 e. The topological polar surface area (TPSA) is 38.3 Å². The third-order valence-corrected chi connectivity index (χ3v) is 5.96. The Labute approximate surface area is 167 Å². The summed E-state index contributed by atoms with van der Waals surface area (Å²) >= 11 is 0. The van der Waals surface area contributed by atoms with Crippen molar-refractivity contribution in [3.8, 4) is 11.5 Å². The van der Waals surface area contributed by atoms with Crippen LogP contribution in [0.5, 0.6) is 11.5 Å². The molecule has 0 aromatic heterocycles. The zero-order valence-corrected chi connectivity index (χ0v) is 17.0. The highest BCUT2D eigenvalue weighted by atomic mass is 19.1. The summed E-state index contributed by atoms with van der Waals surface area (Å²) in [6.45, 7) is 4.61. The molecule has 0 spiro atoms. The summed E-state index contributed by atoms with van der Waals surface area (Å²) in [6, 6.07) is 12.3. The molecule has 3 atom stereocenters. The fourth-order valence-electron chi connectivity index (χ4n) is 4.32. The molecular formula is C24H30FNO2. The molecule has 0 saturated heterocycles. The Hall–Kier alpha value is -2.36. The number of rotatable bonds is 6. The van der Waals surface area contributed by atoms with Crippen molar-refractivity contribution >= 4 is 5.91 Å². The average Bonchev–Trinajstić information content (AvgIpc) is 2.71.